The maximum Gasteiger partial charge on any atom is 0.248 e. The van der Waals surface area contributed by atoms with Crippen LogP contribution >= 0.6 is 0 Å². The highest BCUT2D eigenvalue weighted by atomic mass is 16.5. The van der Waals surface area contributed by atoms with E-state index in [2.05, 4.69) is 12.1 Å². The third-order valence-electron chi connectivity index (χ3n) is 4.12. The van der Waals surface area contributed by atoms with Crippen LogP contribution < -0.4 is 4.74 Å². The van der Waals surface area contributed by atoms with Gasteiger partial charge in [-0.25, -0.2) is 0 Å². The zero-order chi connectivity index (χ0) is 15.1. The van der Waals surface area contributed by atoms with Gasteiger partial charge in [-0.15, -0.1) is 0 Å². The minimum atomic E-state index is 0.118. The Morgan fingerprint density at radius 2 is 2.19 bits per heavy atom. The molecule has 0 radical (unpaired) electrons. The van der Waals surface area contributed by atoms with E-state index in [1.807, 2.05) is 17.0 Å². The largest absolute Gasteiger partial charge is 0.497 e. The monoisotopic (exact) mass is 291 g/mol. The van der Waals surface area contributed by atoms with E-state index in [1.165, 1.54) is 12.0 Å². The van der Waals surface area contributed by atoms with E-state index >= 15 is 0 Å². The van der Waals surface area contributed by atoms with Crippen LogP contribution in [0.1, 0.15) is 31.2 Å². The molecule has 0 aliphatic carbocycles. The Morgan fingerprint density at radius 1 is 1.33 bits per heavy atom. The van der Waals surface area contributed by atoms with Gasteiger partial charge >= 0.3 is 0 Å². The van der Waals surface area contributed by atoms with Gasteiger partial charge in [-0.05, 0) is 49.8 Å². The molecule has 1 heterocycles. The number of carbonyl (C=O) groups excluding carboxylic acids is 1. The van der Waals surface area contributed by atoms with Gasteiger partial charge in [0, 0.05) is 19.7 Å². The number of aryl methyl sites for hydroxylation is 1. The quantitative estimate of drug-likeness (QED) is 0.809. The van der Waals surface area contributed by atoms with E-state index in [9.17, 15) is 4.79 Å². The molecule has 1 fully saturated rings. The molecule has 1 amide bonds. The van der Waals surface area contributed by atoms with Crippen LogP contribution in [-0.4, -0.2) is 44.2 Å². The summed E-state index contributed by atoms with van der Waals surface area (Å²) in [5, 5.41) is 0. The number of hydrogen-bond acceptors (Lipinski definition) is 3. The average Bonchev–Trinajstić information content (AvgIpc) is 2.53. The molecule has 1 saturated heterocycles. The highest BCUT2D eigenvalue weighted by Gasteiger charge is 2.26. The molecular weight excluding hydrogens is 266 g/mol. The first-order valence-electron chi connectivity index (χ1n) is 7.66. The molecule has 1 unspecified atom stereocenters. The van der Waals surface area contributed by atoms with Crippen LogP contribution in [0.5, 0.6) is 5.75 Å². The smallest absolute Gasteiger partial charge is 0.248 e. The zero-order valence-corrected chi connectivity index (χ0v) is 13.0. The number of rotatable bonds is 6. The van der Waals surface area contributed by atoms with Crippen LogP contribution in [0.25, 0.3) is 0 Å². The molecule has 21 heavy (non-hydrogen) atoms. The fourth-order valence-corrected chi connectivity index (χ4v) is 3.00. The van der Waals surface area contributed by atoms with Crippen LogP contribution in [0, 0.1) is 0 Å². The zero-order valence-electron chi connectivity index (χ0n) is 13.0. The molecule has 4 heteroatoms. The normalized spacial score (nSPS) is 18.6. The standard InChI is InChI=1S/C17H25NO3/c1-20-13-17(19)18-11-4-3-7-15(18)10-9-14-6-5-8-16(12-14)21-2/h5-6,8,12,15H,3-4,7,9-11,13H2,1-2H3. The number of nitrogens with zero attached hydrogens (tertiary/aromatic N) is 1. The highest BCUT2D eigenvalue weighted by molar-refractivity contribution is 5.77. The van der Waals surface area contributed by atoms with Gasteiger partial charge in [0.1, 0.15) is 12.4 Å². The number of ether oxygens (including phenoxy) is 2. The fourth-order valence-electron chi connectivity index (χ4n) is 3.00. The van der Waals surface area contributed by atoms with Crippen molar-refractivity contribution >= 4 is 5.91 Å². The van der Waals surface area contributed by atoms with Crippen LogP contribution in [-0.2, 0) is 16.0 Å². The van der Waals surface area contributed by atoms with Gasteiger partial charge in [-0.2, -0.15) is 0 Å². The molecule has 2 rings (SSSR count). The van der Waals surface area contributed by atoms with Crippen LogP contribution in [0.15, 0.2) is 24.3 Å². The highest BCUT2D eigenvalue weighted by Crippen LogP contribution is 2.22. The molecule has 0 aromatic heterocycles. The summed E-state index contributed by atoms with van der Waals surface area (Å²) >= 11 is 0. The molecule has 1 aromatic rings. The third kappa shape index (κ3) is 4.46. The van der Waals surface area contributed by atoms with E-state index < -0.39 is 0 Å². The summed E-state index contributed by atoms with van der Waals surface area (Å²) in [6.45, 7) is 1.06. The second kappa shape index (κ2) is 8.03. The third-order valence-corrected chi connectivity index (χ3v) is 4.12. The Hall–Kier alpha value is -1.55. The molecule has 0 N–H and O–H groups in total. The lowest BCUT2D eigenvalue weighted by molar-refractivity contribution is -0.139. The van der Waals surface area contributed by atoms with Gasteiger partial charge in [0.2, 0.25) is 5.91 Å². The number of likely N-dealkylation sites (tertiary alicyclic amines) is 1. The van der Waals surface area contributed by atoms with E-state index in [0.29, 0.717) is 6.04 Å². The van der Waals surface area contributed by atoms with Crippen molar-refractivity contribution in [3.8, 4) is 5.75 Å². The molecule has 0 saturated carbocycles. The second-order valence-electron chi connectivity index (χ2n) is 5.56. The predicted octanol–water partition coefficient (Wildman–Crippen LogP) is 2.66. The summed E-state index contributed by atoms with van der Waals surface area (Å²) < 4.78 is 10.2. The summed E-state index contributed by atoms with van der Waals surface area (Å²) in [6, 6.07) is 8.51. The molecule has 1 aromatic carbocycles. The van der Waals surface area contributed by atoms with Crippen molar-refractivity contribution in [2.45, 2.75) is 38.1 Å². The first-order valence-corrected chi connectivity index (χ1v) is 7.66. The second-order valence-corrected chi connectivity index (χ2v) is 5.56. The minimum absolute atomic E-state index is 0.118. The van der Waals surface area contributed by atoms with Crippen LogP contribution in [0.2, 0.25) is 0 Å². The summed E-state index contributed by atoms with van der Waals surface area (Å²) in [5.41, 5.74) is 1.26. The Labute approximate surface area is 127 Å². The number of amides is 1. The first kappa shape index (κ1) is 15.8. The average molecular weight is 291 g/mol. The van der Waals surface area contributed by atoms with Gasteiger partial charge in [0.15, 0.2) is 0 Å². The fraction of sp³-hybridized carbons (Fsp3) is 0.588. The van der Waals surface area contributed by atoms with Gasteiger partial charge in [0.05, 0.1) is 7.11 Å². The summed E-state index contributed by atoms with van der Waals surface area (Å²) in [5.74, 6) is 1.01. The van der Waals surface area contributed by atoms with Gasteiger partial charge in [-0.1, -0.05) is 12.1 Å². The topological polar surface area (TPSA) is 38.8 Å². The van der Waals surface area contributed by atoms with Crippen molar-refractivity contribution in [2.24, 2.45) is 0 Å². The van der Waals surface area contributed by atoms with Crippen LogP contribution in [0.3, 0.4) is 0 Å². The van der Waals surface area contributed by atoms with E-state index in [1.54, 1.807) is 14.2 Å². The van der Waals surface area contributed by atoms with Crippen molar-refractivity contribution in [1.82, 2.24) is 4.90 Å². The molecule has 4 nitrogen and oxygen atoms in total. The number of piperidine rings is 1. The van der Waals surface area contributed by atoms with Gasteiger partial charge < -0.3 is 14.4 Å². The summed E-state index contributed by atoms with van der Waals surface area (Å²) in [6.07, 6.45) is 5.38. The number of methoxy groups -OCH3 is 2. The Bertz CT molecular complexity index is 461. The molecule has 116 valence electrons. The SMILES string of the molecule is COCC(=O)N1CCCCC1CCc1cccc(OC)c1. The Balaban J connectivity index is 1.94. The van der Waals surface area contributed by atoms with E-state index in [4.69, 9.17) is 9.47 Å². The maximum absolute atomic E-state index is 12.1. The lowest BCUT2D eigenvalue weighted by Gasteiger charge is -2.36. The summed E-state index contributed by atoms with van der Waals surface area (Å²) in [4.78, 5) is 14.1. The van der Waals surface area contributed by atoms with Crippen molar-refractivity contribution in [3.05, 3.63) is 29.8 Å². The lowest BCUT2D eigenvalue weighted by atomic mass is 9.95. The van der Waals surface area contributed by atoms with E-state index in [-0.39, 0.29) is 12.5 Å². The Morgan fingerprint density at radius 3 is 2.95 bits per heavy atom. The van der Waals surface area contributed by atoms with Gasteiger partial charge in [0.25, 0.3) is 0 Å². The molecule has 1 aliphatic heterocycles. The number of benzene rings is 1. The van der Waals surface area contributed by atoms with Gasteiger partial charge in [-0.3, -0.25) is 4.79 Å². The number of hydrogen-bond donors (Lipinski definition) is 0. The van der Waals surface area contributed by atoms with Crippen molar-refractivity contribution in [2.75, 3.05) is 27.4 Å². The van der Waals surface area contributed by atoms with E-state index in [0.717, 1.165) is 38.0 Å². The molecule has 1 atom stereocenters. The molecule has 0 spiro atoms. The molecule has 1 aliphatic rings. The first-order chi connectivity index (χ1) is 10.2. The van der Waals surface area contributed by atoms with Crippen molar-refractivity contribution in [3.63, 3.8) is 0 Å². The lowest BCUT2D eigenvalue weighted by Crippen LogP contribution is -2.45. The molecule has 0 bridgehead atoms. The number of carbonyl (C=O) groups is 1. The summed E-state index contributed by atoms with van der Waals surface area (Å²) in [7, 11) is 3.26. The Kier molecular flexibility index (Phi) is 6.05. The predicted molar refractivity (Wildman–Crippen MR) is 82.5 cm³/mol. The molecular formula is C17H25NO3. The van der Waals surface area contributed by atoms with Crippen molar-refractivity contribution < 1.29 is 14.3 Å². The van der Waals surface area contributed by atoms with Crippen molar-refractivity contribution in [1.29, 1.82) is 0 Å². The van der Waals surface area contributed by atoms with Crippen LogP contribution in [0.4, 0.5) is 0 Å². The maximum atomic E-state index is 12.1. The minimum Gasteiger partial charge on any atom is -0.497 e.